The van der Waals surface area contributed by atoms with Crippen LogP contribution in [0.4, 0.5) is 4.39 Å². The summed E-state index contributed by atoms with van der Waals surface area (Å²) in [7, 11) is 1.69. The lowest BCUT2D eigenvalue weighted by Gasteiger charge is -2.42. The molecule has 0 bridgehead atoms. The first kappa shape index (κ1) is 13.5. The van der Waals surface area contributed by atoms with Crippen LogP contribution in [0, 0.1) is 5.82 Å². The summed E-state index contributed by atoms with van der Waals surface area (Å²) in [6.45, 7) is 0. The molecule has 0 saturated heterocycles. The van der Waals surface area contributed by atoms with Crippen LogP contribution in [0.3, 0.4) is 0 Å². The van der Waals surface area contributed by atoms with Gasteiger partial charge in [-0.05, 0) is 18.9 Å². The Morgan fingerprint density at radius 3 is 2.50 bits per heavy atom. The molecule has 0 aromatic heterocycles. The van der Waals surface area contributed by atoms with Crippen molar-refractivity contribution in [3.63, 3.8) is 0 Å². The minimum atomic E-state index is -0.394. The Hall–Kier alpha value is -0.970. The first-order valence-electron chi connectivity index (χ1n) is 6.49. The van der Waals surface area contributed by atoms with Crippen molar-refractivity contribution in [3.05, 3.63) is 35.6 Å². The van der Waals surface area contributed by atoms with Crippen molar-refractivity contribution in [2.45, 2.75) is 43.7 Å². The maximum atomic E-state index is 13.9. The molecule has 0 aliphatic heterocycles. The smallest absolute Gasteiger partial charge is 0.128 e. The van der Waals surface area contributed by atoms with Crippen LogP contribution in [0.1, 0.15) is 43.7 Å². The molecular formula is C14H21FN2O. The van der Waals surface area contributed by atoms with E-state index in [-0.39, 0.29) is 11.9 Å². The largest absolute Gasteiger partial charge is 0.376 e. The van der Waals surface area contributed by atoms with E-state index in [1.807, 2.05) is 6.07 Å². The van der Waals surface area contributed by atoms with E-state index in [0.29, 0.717) is 5.56 Å². The van der Waals surface area contributed by atoms with E-state index >= 15 is 0 Å². The Labute approximate surface area is 107 Å². The van der Waals surface area contributed by atoms with Gasteiger partial charge in [-0.3, -0.25) is 5.84 Å². The average molecular weight is 252 g/mol. The summed E-state index contributed by atoms with van der Waals surface area (Å²) in [5, 5.41) is 0. The number of ether oxygens (including phenoxy) is 1. The van der Waals surface area contributed by atoms with Crippen molar-refractivity contribution in [2.75, 3.05) is 7.11 Å². The van der Waals surface area contributed by atoms with Crippen LogP contribution in [0.25, 0.3) is 0 Å². The Morgan fingerprint density at radius 2 is 1.94 bits per heavy atom. The van der Waals surface area contributed by atoms with Gasteiger partial charge < -0.3 is 4.74 Å². The van der Waals surface area contributed by atoms with Crippen molar-refractivity contribution in [1.29, 1.82) is 0 Å². The number of methoxy groups -OCH3 is 1. The summed E-state index contributed by atoms with van der Waals surface area (Å²) in [5.74, 6) is 5.43. The predicted molar refractivity (Wildman–Crippen MR) is 69.3 cm³/mol. The standard InChI is InChI=1S/C14H21FN2O/c1-18-14(9-5-2-6-10-14)13(17-16)11-7-3-4-8-12(11)15/h3-4,7-8,13,17H,2,5-6,9-10,16H2,1H3. The van der Waals surface area contributed by atoms with Crippen molar-refractivity contribution >= 4 is 0 Å². The maximum absolute atomic E-state index is 13.9. The highest BCUT2D eigenvalue weighted by Crippen LogP contribution is 2.41. The van der Waals surface area contributed by atoms with Crippen LogP contribution in [0.15, 0.2) is 24.3 Å². The van der Waals surface area contributed by atoms with Gasteiger partial charge in [-0.2, -0.15) is 0 Å². The number of hydrazine groups is 1. The molecule has 4 heteroatoms. The number of benzene rings is 1. The number of hydrogen-bond donors (Lipinski definition) is 2. The number of nitrogens with one attached hydrogen (secondary N) is 1. The zero-order valence-electron chi connectivity index (χ0n) is 10.8. The lowest BCUT2D eigenvalue weighted by atomic mass is 9.76. The van der Waals surface area contributed by atoms with Gasteiger partial charge in [0, 0.05) is 12.7 Å². The number of hydrogen-bond acceptors (Lipinski definition) is 3. The van der Waals surface area contributed by atoms with E-state index in [1.165, 1.54) is 12.5 Å². The van der Waals surface area contributed by atoms with Gasteiger partial charge in [-0.1, -0.05) is 37.5 Å². The van der Waals surface area contributed by atoms with Crippen LogP contribution in [0.5, 0.6) is 0 Å². The first-order valence-corrected chi connectivity index (χ1v) is 6.49. The van der Waals surface area contributed by atoms with Gasteiger partial charge >= 0.3 is 0 Å². The van der Waals surface area contributed by atoms with Gasteiger partial charge in [0.15, 0.2) is 0 Å². The Kier molecular flexibility index (Phi) is 4.32. The summed E-state index contributed by atoms with van der Waals surface area (Å²) in [4.78, 5) is 0. The number of rotatable bonds is 4. The van der Waals surface area contributed by atoms with E-state index in [1.54, 1.807) is 19.2 Å². The lowest BCUT2D eigenvalue weighted by Crippen LogP contribution is -2.49. The minimum Gasteiger partial charge on any atom is -0.376 e. The Bertz CT molecular complexity index is 391. The molecule has 1 aliphatic rings. The highest BCUT2D eigenvalue weighted by Gasteiger charge is 2.41. The fourth-order valence-electron chi connectivity index (χ4n) is 3.00. The van der Waals surface area contributed by atoms with E-state index in [9.17, 15) is 4.39 Å². The summed E-state index contributed by atoms with van der Waals surface area (Å²) in [6.07, 6.45) is 5.22. The third-order valence-corrected chi connectivity index (χ3v) is 4.02. The molecule has 1 saturated carbocycles. The third kappa shape index (κ3) is 2.41. The molecule has 18 heavy (non-hydrogen) atoms. The van der Waals surface area contributed by atoms with Gasteiger partial charge in [0.05, 0.1) is 11.6 Å². The van der Waals surface area contributed by atoms with E-state index in [0.717, 1.165) is 25.7 Å². The monoisotopic (exact) mass is 252 g/mol. The van der Waals surface area contributed by atoms with E-state index < -0.39 is 5.60 Å². The van der Waals surface area contributed by atoms with Crippen LogP contribution >= 0.6 is 0 Å². The van der Waals surface area contributed by atoms with Crippen molar-refractivity contribution < 1.29 is 9.13 Å². The normalized spacial score (nSPS) is 20.6. The summed E-state index contributed by atoms with van der Waals surface area (Å²) >= 11 is 0. The summed E-state index contributed by atoms with van der Waals surface area (Å²) < 4.78 is 19.7. The maximum Gasteiger partial charge on any atom is 0.128 e. The highest BCUT2D eigenvalue weighted by atomic mass is 19.1. The Morgan fingerprint density at radius 1 is 1.28 bits per heavy atom. The van der Waals surface area contributed by atoms with Gasteiger partial charge in [0.25, 0.3) is 0 Å². The fourth-order valence-corrected chi connectivity index (χ4v) is 3.00. The summed E-state index contributed by atoms with van der Waals surface area (Å²) in [6, 6.07) is 6.45. The van der Waals surface area contributed by atoms with Crippen LogP contribution < -0.4 is 11.3 Å². The average Bonchev–Trinajstić information content (AvgIpc) is 2.43. The zero-order valence-corrected chi connectivity index (χ0v) is 10.8. The zero-order chi connectivity index (χ0) is 13.0. The minimum absolute atomic E-state index is 0.234. The van der Waals surface area contributed by atoms with E-state index in [4.69, 9.17) is 10.6 Å². The molecule has 0 radical (unpaired) electrons. The molecule has 100 valence electrons. The fraction of sp³-hybridized carbons (Fsp3) is 0.571. The van der Waals surface area contributed by atoms with Crippen molar-refractivity contribution in [2.24, 2.45) is 5.84 Å². The number of halogens is 1. The molecule has 0 amide bonds. The topological polar surface area (TPSA) is 47.3 Å². The molecular weight excluding hydrogens is 231 g/mol. The molecule has 3 N–H and O–H groups in total. The van der Waals surface area contributed by atoms with Crippen LogP contribution in [-0.2, 0) is 4.74 Å². The van der Waals surface area contributed by atoms with Crippen LogP contribution in [-0.4, -0.2) is 12.7 Å². The molecule has 1 aromatic carbocycles. The molecule has 1 fully saturated rings. The van der Waals surface area contributed by atoms with E-state index in [2.05, 4.69) is 5.43 Å². The quantitative estimate of drug-likeness (QED) is 0.640. The van der Waals surface area contributed by atoms with Gasteiger partial charge in [0.1, 0.15) is 5.82 Å². The second kappa shape index (κ2) is 5.78. The van der Waals surface area contributed by atoms with Gasteiger partial charge in [-0.15, -0.1) is 0 Å². The molecule has 1 aromatic rings. The van der Waals surface area contributed by atoms with Gasteiger partial charge in [0.2, 0.25) is 0 Å². The molecule has 1 atom stereocenters. The molecule has 1 unspecified atom stereocenters. The Balaban J connectivity index is 2.34. The molecule has 2 rings (SSSR count). The second-order valence-electron chi connectivity index (χ2n) is 4.95. The number of nitrogens with two attached hydrogens (primary N) is 1. The first-order chi connectivity index (χ1) is 8.73. The predicted octanol–water partition coefficient (Wildman–Crippen LogP) is 2.68. The molecule has 0 spiro atoms. The molecule has 0 heterocycles. The summed E-state index contributed by atoms with van der Waals surface area (Å²) in [5.41, 5.74) is 2.95. The van der Waals surface area contributed by atoms with Crippen LogP contribution in [0.2, 0.25) is 0 Å². The lowest BCUT2D eigenvalue weighted by molar-refractivity contribution is -0.0696. The highest BCUT2D eigenvalue weighted by molar-refractivity contribution is 5.24. The molecule has 1 aliphatic carbocycles. The third-order valence-electron chi connectivity index (χ3n) is 4.02. The SMILES string of the molecule is COC1(C(NN)c2ccccc2F)CCCCC1. The van der Waals surface area contributed by atoms with Crippen molar-refractivity contribution in [1.82, 2.24) is 5.43 Å². The second-order valence-corrected chi connectivity index (χ2v) is 4.95. The molecule has 3 nitrogen and oxygen atoms in total. The van der Waals surface area contributed by atoms with Crippen molar-refractivity contribution in [3.8, 4) is 0 Å². The van der Waals surface area contributed by atoms with Gasteiger partial charge in [-0.25, -0.2) is 9.82 Å².